The zero-order chi connectivity index (χ0) is 20.2. The lowest BCUT2D eigenvalue weighted by molar-refractivity contribution is 0.0793. The van der Waals surface area contributed by atoms with Gasteiger partial charge in [0.15, 0.2) is 0 Å². The molecule has 2 aromatic rings. The first kappa shape index (κ1) is 18.6. The van der Waals surface area contributed by atoms with Crippen molar-refractivity contribution < 1.29 is 0 Å². The molecular formula is C24H30N4O2. The average Bonchev–Trinajstić information content (AvgIpc) is 2.74. The SMILES string of the molecule is O=c1cccc2n1C[C@H]1C[C@@H]2CN(CCN2C[C@@H]3C[C@H](C2)c2cccc(=O)n2C3)C1. The summed E-state index contributed by atoms with van der Waals surface area (Å²) in [6, 6.07) is 11.5. The van der Waals surface area contributed by atoms with Gasteiger partial charge in [0.2, 0.25) is 0 Å². The summed E-state index contributed by atoms with van der Waals surface area (Å²) in [4.78, 5) is 29.7. The molecule has 158 valence electrons. The van der Waals surface area contributed by atoms with E-state index in [9.17, 15) is 9.59 Å². The molecule has 6 heterocycles. The summed E-state index contributed by atoms with van der Waals surface area (Å²) in [5.74, 6) is 2.17. The third-order valence-corrected chi connectivity index (χ3v) is 7.84. The van der Waals surface area contributed by atoms with Gasteiger partial charge in [-0.15, -0.1) is 0 Å². The van der Waals surface area contributed by atoms with E-state index < -0.39 is 0 Å². The summed E-state index contributed by atoms with van der Waals surface area (Å²) in [7, 11) is 0. The minimum Gasteiger partial charge on any atom is -0.312 e. The molecule has 4 aliphatic rings. The molecule has 4 atom stereocenters. The Morgan fingerprint density at radius 3 is 1.57 bits per heavy atom. The lowest BCUT2D eigenvalue weighted by atomic mass is 9.82. The second kappa shape index (κ2) is 7.20. The molecule has 2 saturated heterocycles. The molecular weight excluding hydrogens is 376 g/mol. The van der Waals surface area contributed by atoms with Gasteiger partial charge in [0.25, 0.3) is 11.1 Å². The smallest absolute Gasteiger partial charge is 0.250 e. The van der Waals surface area contributed by atoms with Crippen molar-refractivity contribution in [3.8, 4) is 0 Å². The van der Waals surface area contributed by atoms with Crippen molar-refractivity contribution in [2.45, 2.75) is 37.8 Å². The predicted molar refractivity (Wildman–Crippen MR) is 116 cm³/mol. The Balaban J connectivity index is 1.12. The van der Waals surface area contributed by atoms with Gasteiger partial charge in [-0.2, -0.15) is 0 Å². The van der Waals surface area contributed by atoms with E-state index in [1.54, 1.807) is 12.1 Å². The Kier molecular flexibility index (Phi) is 4.46. The fourth-order valence-corrected chi connectivity index (χ4v) is 6.64. The van der Waals surface area contributed by atoms with Crippen molar-refractivity contribution in [3.63, 3.8) is 0 Å². The first-order chi connectivity index (χ1) is 14.6. The Hall–Kier alpha value is -2.18. The number of hydrogen-bond acceptors (Lipinski definition) is 4. The van der Waals surface area contributed by atoms with Gasteiger partial charge in [0.05, 0.1) is 0 Å². The van der Waals surface area contributed by atoms with Crippen LogP contribution in [0.3, 0.4) is 0 Å². The molecule has 30 heavy (non-hydrogen) atoms. The highest BCUT2D eigenvalue weighted by molar-refractivity contribution is 5.18. The van der Waals surface area contributed by atoms with Crippen LogP contribution in [0.2, 0.25) is 0 Å². The standard InChI is InChI=1S/C24H30N4O2/c29-23-5-1-3-21-19-9-17(13-27(21)23)11-25(15-19)7-8-26-12-18-10-20(16-26)22-4-2-6-24(30)28(22)14-18/h1-6,17-20H,7-16H2/t17-,18-,19+,20+/m0/s1. The number of hydrogen-bond donors (Lipinski definition) is 0. The van der Waals surface area contributed by atoms with Crippen LogP contribution in [-0.4, -0.2) is 58.2 Å². The third kappa shape index (κ3) is 3.17. The molecule has 0 amide bonds. The lowest BCUT2D eigenvalue weighted by Gasteiger charge is -2.45. The van der Waals surface area contributed by atoms with E-state index in [4.69, 9.17) is 0 Å². The normalized spacial score (nSPS) is 30.5. The lowest BCUT2D eigenvalue weighted by Crippen LogP contribution is -2.51. The van der Waals surface area contributed by atoms with Crippen LogP contribution in [0.25, 0.3) is 0 Å². The van der Waals surface area contributed by atoms with Crippen molar-refractivity contribution in [3.05, 3.63) is 68.5 Å². The fourth-order valence-electron chi connectivity index (χ4n) is 6.64. The highest BCUT2D eigenvalue weighted by Gasteiger charge is 2.36. The monoisotopic (exact) mass is 406 g/mol. The summed E-state index contributed by atoms with van der Waals surface area (Å²) in [6.07, 6.45) is 2.44. The molecule has 0 aromatic carbocycles. The van der Waals surface area contributed by atoms with E-state index in [0.717, 1.165) is 52.4 Å². The van der Waals surface area contributed by atoms with E-state index in [0.29, 0.717) is 23.7 Å². The summed E-state index contributed by atoms with van der Waals surface area (Å²) in [5, 5.41) is 0. The third-order valence-electron chi connectivity index (χ3n) is 7.84. The largest absolute Gasteiger partial charge is 0.312 e. The highest BCUT2D eigenvalue weighted by atomic mass is 16.1. The zero-order valence-corrected chi connectivity index (χ0v) is 17.4. The van der Waals surface area contributed by atoms with Crippen molar-refractivity contribution >= 4 is 0 Å². The second-order valence-electron chi connectivity index (χ2n) is 9.92. The summed E-state index contributed by atoms with van der Waals surface area (Å²) < 4.78 is 4.03. The molecule has 6 nitrogen and oxygen atoms in total. The molecule has 6 rings (SSSR count). The quantitative estimate of drug-likeness (QED) is 0.776. The van der Waals surface area contributed by atoms with Gasteiger partial charge in [0, 0.05) is 87.7 Å². The van der Waals surface area contributed by atoms with Crippen molar-refractivity contribution in [2.24, 2.45) is 11.8 Å². The number of rotatable bonds is 3. The van der Waals surface area contributed by atoms with Crippen molar-refractivity contribution in [1.82, 2.24) is 18.9 Å². The van der Waals surface area contributed by atoms with Crippen molar-refractivity contribution in [2.75, 3.05) is 39.3 Å². The first-order valence-corrected chi connectivity index (χ1v) is 11.5. The summed E-state index contributed by atoms with van der Waals surface area (Å²) in [6.45, 7) is 8.31. The number of pyridine rings is 2. The predicted octanol–water partition coefficient (Wildman–Crippen LogP) is 1.55. The van der Waals surface area contributed by atoms with Crippen molar-refractivity contribution in [1.29, 1.82) is 0 Å². The van der Waals surface area contributed by atoms with Crippen LogP contribution in [0.4, 0.5) is 0 Å². The van der Waals surface area contributed by atoms with Gasteiger partial charge in [-0.05, 0) is 36.8 Å². The molecule has 0 unspecified atom stereocenters. The van der Waals surface area contributed by atoms with Crippen LogP contribution in [0, 0.1) is 11.8 Å². The van der Waals surface area contributed by atoms with E-state index in [2.05, 4.69) is 21.9 Å². The van der Waals surface area contributed by atoms with E-state index >= 15 is 0 Å². The number of aromatic nitrogens is 2. The fraction of sp³-hybridized carbons (Fsp3) is 0.583. The van der Waals surface area contributed by atoms with E-state index in [1.807, 2.05) is 21.3 Å². The average molecular weight is 407 g/mol. The van der Waals surface area contributed by atoms with Crippen LogP contribution < -0.4 is 11.1 Å². The Labute approximate surface area is 176 Å². The minimum absolute atomic E-state index is 0.162. The number of nitrogens with zero attached hydrogens (tertiary/aromatic N) is 4. The maximum Gasteiger partial charge on any atom is 0.250 e. The molecule has 2 fully saturated rings. The van der Waals surface area contributed by atoms with Gasteiger partial charge in [0.1, 0.15) is 0 Å². The van der Waals surface area contributed by atoms with Crippen LogP contribution in [0.5, 0.6) is 0 Å². The molecule has 0 aliphatic carbocycles. The first-order valence-electron chi connectivity index (χ1n) is 11.5. The molecule has 4 aliphatic heterocycles. The molecule has 4 bridgehead atoms. The Morgan fingerprint density at radius 1 is 0.633 bits per heavy atom. The molecule has 0 spiro atoms. The van der Waals surface area contributed by atoms with Crippen LogP contribution in [0.1, 0.15) is 36.1 Å². The van der Waals surface area contributed by atoms with E-state index in [1.165, 1.54) is 24.2 Å². The molecule has 0 saturated carbocycles. The van der Waals surface area contributed by atoms with E-state index in [-0.39, 0.29) is 11.1 Å². The molecule has 0 radical (unpaired) electrons. The number of fused-ring (bicyclic) bond motifs is 8. The topological polar surface area (TPSA) is 50.5 Å². The molecule has 2 aromatic heterocycles. The second-order valence-corrected chi connectivity index (χ2v) is 9.92. The summed E-state index contributed by atoms with van der Waals surface area (Å²) in [5.41, 5.74) is 2.79. The summed E-state index contributed by atoms with van der Waals surface area (Å²) >= 11 is 0. The maximum absolute atomic E-state index is 12.2. The van der Waals surface area contributed by atoms with Gasteiger partial charge < -0.3 is 18.9 Å². The number of likely N-dealkylation sites (tertiary alicyclic amines) is 2. The van der Waals surface area contributed by atoms with Gasteiger partial charge in [-0.3, -0.25) is 9.59 Å². The van der Waals surface area contributed by atoms with Gasteiger partial charge in [-0.1, -0.05) is 12.1 Å². The zero-order valence-electron chi connectivity index (χ0n) is 17.4. The molecule has 6 heteroatoms. The maximum atomic E-state index is 12.2. The highest BCUT2D eigenvalue weighted by Crippen LogP contribution is 2.36. The van der Waals surface area contributed by atoms with Gasteiger partial charge in [-0.25, -0.2) is 0 Å². The van der Waals surface area contributed by atoms with Crippen LogP contribution in [-0.2, 0) is 13.1 Å². The Bertz CT molecular complexity index is 988. The minimum atomic E-state index is 0.162. The number of piperidine rings is 2. The Morgan fingerprint density at radius 2 is 1.10 bits per heavy atom. The van der Waals surface area contributed by atoms with Crippen LogP contribution >= 0.6 is 0 Å². The molecule has 0 N–H and O–H groups in total. The van der Waals surface area contributed by atoms with Gasteiger partial charge >= 0.3 is 0 Å². The van der Waals surface area contributed by atoms with Crippen LogP contribution in [0.15, 0.2) is 46.0 Å².